The number of hydrogen-bond acceptors (Lipinski definition) is 4. The molecule has 0 fully saturated rings. The van der Waals surface area contributed by atoms with Crippen molar-refractivity contribution in [3.63, 3.8) is 0 Å². The molecule has 0 spiro atoms. The molecule has 1 atom stereocenters. The Kier molecular flexibility index (Phi) is 7.20. The maximum Gasteiger partial charge on any atom is 0.161 e. The van der Waals surface area contributed by atoms with E-state index in [1.807, 2.05) is 12.1 Å². The van der Waals surface area contributed by atoms with Crippen molar-refractivity contribution < 1.29 is 14.6 Å². The lowest BCUT2D eigenvalue weighted by Crippen LogP contribution is -2.25. The number of nitrogens with one attached hydrogen (secondary N) is 1. The van der Waals surface area contributed by atoms with Gasteiger partial charge in [0.05, 0.1) is 14.2 Å². The van der Waals surface area contributed by atoms with E-state index >= 15 is 0 Å². The molecule has 0 amide bonds. The molecule has 0 aliphatic rings. The fourth-order valence-corrected chi connectivity index (χ4v) is 2.28. The first-order valence-electron chi connectivity index (χ1n) is 6.37. The van der Waals surface area contributed by atoms with Crippen molar-refractivity contribution in [2.24, 2.45) is 0 Å². The van der Waals surface area contributed by atoms with Crippen LogP contribution in [0.4, 0.5) is 0 Å². The van der Waals surface area contributed by atoms with Gasteiger partial charge in [-0.25, -0.2) is 0 Å². The monoisotopic (exact) mass is 331 g/mol. The standard InChI is InChI=1S/C14H22BrNO3/c1-10(5-4-6-17)16-9-11-7-13(18-2)14(19-3)8-12(11)15/h7-8,10,16-17H,4-6,9H2,1-3H3. The predicted molar refractivity (Wildman–Crippen MR) is 79.9 cm³/mol. The fraction of sp³-hybridized carbons (Fsp3) is 0.571. The Hall–Kier alpha value is -0.780. The summed E-state index contributed by atoms with van der Waals surface area (Å²) >= 11 is 3.54. The minimum absolute atomic E-state index is 0.242. The van der Waals surface area contributed by atoms with E-state index in [2.05, 4.69) is 28.2 Å². The van der Waals surface area contributed by atoms with Crippen molar-refractivity contribution in [3.8, 4) is 11.5 Å². The highest BCUT2D eigenvalue weighted by Crippen LogP contribution is 2.33. The zero-order valence-corrected chi connectivity index (χ0v) is 13.3. The molecule has 0 saturated carbocycles. The van der Waals surface area contributed by atoms with E-state index in [0.717, 1.165) is 35.2 Å². The molecule has 4 nitrogen and oxygen atoms in total. The average molecular weight is 332 g/mol. The fourth-order valence-electron chi connectivity index (χ4n) is 1.82. The lowest BCUT2D eigenvalue weighted by Gasteiger charge is -2.16. The molecule has 0 heterocycles. The molecule has 0 radical (unpaired) electrons. The number of ether oxygens (including phenoxy) is 2. The average Bonchev–Trinajstić information content (AvgIpc) is 2.43. The van der Waals surface area contributed by atoms with Crippen molar-refractivity contribution >= 4 is 15.9 Å². The molecule has 0 bridgehead atoms. The third kappa shape index (κ3) is 5.01. The van der Waals surface area contributed by atoms with Gasteiger partial charge in [0.2, 0.25) is 0 Å². The quantitative estimate of drug-likeness (QED) is 0.769. The summed E-state index contributed by atoms with van der Waals surface area (Å²) in [6.45, 7) is 3.10. The van der Waals surface area contributed by atoms with Gasteiger partial charge in [0, 0.05) is 23.7 Å². The second-order valence-electron chi connectivity index (χ2n) is 4.45. The number of aliphatic hydroxyl groups excluding tert-OH is 1. The number of hydrogen-bond donors (Lipinski definition) is 2. The highest BCUT2D eigenvalue weighted by molar-refractivity contribution is 9.10. The second-order valence-corrected chi connectivity index (χ2v) is 5.30. The van der Waals surface area contributed by atoms with Crippen LogP contribution < -0.4 is 14.8 Å². The van der Waals surface area contributed by atoms with Gasteiger partial charge in [-0.1, -0.05) is 15.9 Å². The number of benzene rings is 1. The van der Waals surface area contributed by atoms with Crippen LogP contribution in [0.5, 0.6) is 11.5 Å². The maximum atomic E-state index is 8.80. The van der Waals surface area contributed by atoms with Gasteiger partial charge in [-0.15, -0.1) is 0 Å². The molecule has 1 aromatic rings. The summed E-state index contributed by atoms with van der Waals surface area (Å²) in [6, 6.07) is 4.25. The minimum Gasteiger partial charge on any atom is -0.493 e. The van der Waals surface area contributed by atoms with Crippen molar-refractivity contribution in [2.45, 2.75) is 32.4 Å². The molecule has 0 aliphatic carbocycles. The van der Waals surface area contributed by atoms with Gasteiger partial charge >= 0.3 is 0 Å². The van der Waals surface area contributed by atoms with Gasteiger partial charge in [0.15, 0.2) is 11.5 Å². The summed E-state index contributed by atoms with van der Waals surface area (Å²) in [5.41, 5.74) is 1.12. The Labute approximate surface area is 123 Å². The van der Waals surface area contributed by atoms with Crippen LogP contribution in [0.2, 0.25) is 0 Å². The predicted octanol–water partition coefficient (Wildman–Crippen LogP) is 2.72. The lowest BCUT2D eigenvalue weighted by atomic mass is 10.1. The molecule has 1 aromatic carbocycles. The van der Waals surface area contributed by atoms with Gasteiger partial charge in [-0.2, -0.15) is 0 Å². The molecule has 19 heavy (non-hydrogen) atoms. The molecule has 108 valence electrons. The van der Waals surface area contributed by atoms with Crippen LogP contribution in [0.3, 0.4) is 0 Å². The summed E-state index contributed by atoms with van der Waals surface area (Å²) in [6.07, 6.45) is 1.78. The summed E-state index contributed by atoms with van der Waals surface area (Å²) in [4.78, 5) is 0. The minimum atomic E-state index is 0.242. The topological polar surface area (TPSA) is 50.7 Å². The Balaban J connectivity index is 2.67. The number of halogens is 1. The first kappa shape index (κ1) is 16.3. The number of rotatable bonds is 8. The van der Waals surface area contributed by atoms with Gasteiger partial charge in [-0.05, 0) is 37.5 Å². The van der Waals surface area contributed by atoms with Gasteiger partial charge < -0.3 is 19.9 Å². The van der Waals surface area contributed by atoms with E-state index in [4.69, 9.17) is 14.6 Å². The van der Waals surface area contributed by atoms with Crippen LogP contribution in [0, 0.1) is 0 Å². The largest absolute Gasteiger partial charge is 0.493 e. The van der Waals surface area contributed by atoms with Gasteiger partial charge in [0.1, 0.15) is 0 Å². The zero-order chi connectivity index (χ0) is 14.3. The first-order valence-corrected chi connectivity index (χ1v) is 7.16. The third-order valence-electron chi connectivity index (χ3n) is 2.99. The Morgan fingerprint density at radius 1 is 1.26 bits per heavy atom. The molecule has 0 aliphatic heterocycles. The van der Waals surface area contributed by atoms with Crippen molar-refractivity contribution in [3.05, 3.63) is 22.2 Å². The van der Waals surface area contributed by atoms with Gasteiger partial charge in [-0.3, -0.25) is 0 Å². The molecule has 1 rings (SSSR count). The SMILES string of the molecule is COc1cc(Br)c(CNC(C)CCCO)cc1OC. The van der Waals surface area contributed by atoms with Crippen molar-refractivity contribution in [1.29, 1.82) is 0 Å². The van der Waals surface area contributed by atoms with Crippen molar-refractivity contribution in [1.82, 2.24) is 5.32 Å². The smallest absolute Gasteiger partial charge is 0.161 e. The summed E-state index contributed by atoms with van der Waals surface area (Å²) < 4.78 is 11.5. The van der Waals surface area contributed by atoms with E-state index in [9.17, 15) is 0 Å². The van der Waals surface area contributed by atoms with Crippen LogP contribution in [0.1, 0.15) is 25.3 Å². The van der Waals surface area contributed by atoms with Gasteiger partial charge in [0.25, 0.3) is 0 Å². The molecule has 0 saturated heterocycles. The lowest BCUT2D eigenvalue weighted by molar-refractivity contribution is 0.276. The Morgan fingerprint density at radius 2 is 1.89 bits per heavy atom. The summed E-state index contributed by atoms with van der Waals surface area (Å²) in [5.74, 6) is 1.44. The van der Waals surface area contributed by atoms with Crippen LogP contribution in [0.15, 0.2) is 16.6 Å². The second kappa shape index (κ2) is 8.40. The molecule has 0 aromatic heterocycles. The number of methoxy groups -OCH3 is 2. The molecule has 2 N–H and O–H groups in total. The molecular formula is C14H22BrNO3. The maximum absolute atomic E-state index is 8.80. The van der Waals surface area contributed by atoms with E-state index in [1.54, 1.807) is 14.2 Å². The van der Waals surface area contributed by atoms with Crippen LogP contribution >= 0.6 is 15.9 Å². The number of aliphatic hydroxyl groups is 1. The van der Waals surface area contributed by atoms with E-state index in [0.29, 0.717) is 11.8 Å². The first-order chi connectivity index (χ1) is 9.12. The Morgan fingerprint density at radius 3 is 2.47 bits per heavy atom. The van der Waals surface area contributed by atoms with Crippen LogP contribution in [-0.4, -0.2) is 32.0 Å². The van der Waals surface area contributed by atoms with Crippen LogP contribution in [0.25, 0.3) is 0 Å². The zero-order valence-electron chi connectivity index (χ0n) is 11.7. The molecule has 5 heteroatoms. The van der Waals surface area contributed by atoms with E-state index < -0.39 is 0 Å². The molecule has 1 unspecified atom stereocenters. The van der Waals surface area contributed by atoms with E-state index in [1.165, 1.54) is 0 Å². The van der Waals surface area contributed by atoms with Crippen LogP contribution in [-0.2, 0) is 6.54 Å². The Bertz CT molecular complexity index is 399. The van der Waals surface area contributed by atoms with Crippen molar-refractivity contribution in [2.75, 3.05) is 20.8 Å². The molecular weight excluding hydrogens is 310 g/mol. The normalized spacial score (nSPS) is 12.3. The van der Waals surface area contributed by atoms with E-state index in [-0.39, 0.29) is 6.61 Å². The summed E-state index contributed by atoms with van der Waals surface area (Å²) in [5, 5.41) is 12.2. The highest BCUT2D eigenvalue weighted by atomic mass is 79.9. The third-order valence-corrected chi connectivity index (χ3v) is 3.73. The highest BCUT2D eigenvalue weighted by Gasteiger charge is 2.10. The summed E-state index contributed by atoms with van der Waals surface area (Å²) in [7, 11) is 3.26.